The molecule has 9 heteroatoms. The molecular formula is C25H21N9. The molecule has 0 unspecified atom stereocenters. The summed E-state index contributed by atoms with van der Waals surface area (Å²) < 4.78 is 0. The number of H-pyrrole nitrogens is 2. The molecular weight excluding hydrogens is 426 g/mol. The van der Waals surface area contributed by atoms with Crippen LogP contribution in [0.15, 0.2) is 67.4 Å². The second-order valence-electron chi connectivity index (χ2n) is 8.36. The van der Waals surface area contributed by atoms with E-state index in [0.717, 1.165) is 56.7 Å². The van der Waals surface area contributed by atoms with Crippen LogP contribution in [0.1, 0.15) is 5.56 Å². The highest BCUT2D eigenvalue weighted by Gasteiger charge is 2.17. The summed E-state index contributed by atoms with van der Waals surface area (Å²) in [5, 5.41) is 7.60. The van der Waals surface area contributed by atoms with E-state index in [1.165, 1.54) is 0 Å². The van der Waals surface area contributed by atoms with Crippen LogP contribution in [0.5, 0.6) is 0 Å². The van der Waals surface area contributed by atoms with Crippen molar-refractivity contribution >= 4 is 22.1 Å². The third-order valence-electron chi connectivity index (χ3n) is 5.58. The summed E-state index contributed by atoms with van der Waals surface area (Å²) in [5.74, 6) is 0.633. The Hall–Kier alpha value is -4.50. The van der Waals surface area contributed by atoms with Crippen LogP contribution in [0.25, 0.3) is 56.1 Å². The van der Waals surface area contributed by atoms with Gasteiger partial charge in [0.25, 0.3) is 0 Å². The largest absolute Gasteiger partial charge is 0.336 e. The van der Waals surface area contributed by atoms with Gasteiger partial charge in [-0.2, -0.15) is 5.10 Å². The Kier molecular flexibility index (Phi) is 4.81. The van der Waals surface area contributed by atoms with Crippen LogP contribution >= 0.6 is 0 Å². The predicted molar refractivity (Wildman–Crippen MR) is 131 cm³/mol. The Balaban J connectivity index is 1.45. The second kappa shape index (κ2) is 8.13. The highest BCUT2D eigenvalue weighted by molar-refractivity contribution is 5.95. The predicted octanol–water partition coefficient (Wildman–Crippen LogP) is 4.08. The van der Waals surface area contributed by atoms with Gasteiger partial charge in [0.1, 0.15) is 11.0 Å². The third-order valence-corrected chi connectivity index (χ3v) is 5.58. The zero-order valence-corrected chi connectivity index (χ0v) is 18.7. The smallest absolute Gasteiger partial charge is 0.161 e. The number of hydrogen-bond donors (Lipinski definition) is 2. The first kappa shape index (κ1) is 20.1. The van der Waals surface area contributed by atoms with E-state index in [4.69, 9.17) is 9.97 Å². The van der Waals surface area contributed by atoms with Gasteiger partial charge in [-0.15, -0.1) is 0 Å². The van der Waals surface area contributed by atoms with Gasteiger partial charge in [-0.3, -0.25) is 20.1 Å². The number of rotatable bonds is 5. The molecule has 0 radical (unpaired) electrons. The summed E-state index contributed by atoms with van der Waals surface area (Å²) in [5.41, 5.74) is 8.56. The third kappa shape index (κ3) is 3.57. The van der Waals surface area contributed by atoms with E-state index in [1.54, 1.807) is 18.6 Å². The molecule has 6 heterocycles. The van der Waals surface area contributed by atoms with Gasteiger partial charge in [-0.05, 0) is 56.1 Å². The molecule has 0 fully saturated rings. The fourth-order valence-corrected chi connectivity index (χ4v) is 4.07. The van der Waals surface area contributed by atoms with Crippen LogP contribution < -0.4 is 0 Å². The fourth-order valence-electron chi connectivity index (χ4n) is 4.07. The lowest BCUT2D eigenvalue weighted by Gasteiger charge is -2.10. The lowest BCUT2D eigenvalue weighted by Crippen LogP contribution is -2.10. The molecule has 34 heavy (non-hydrogen) atoms. The Morgan fingerprint density at radius 2 is 1.65 bits per heavy atom. The average molecular weight is 448 g/mol. The molecule has 6 rings (SSSR count). The summed E-state index contributed by atoms with van der Waals surface area (Å²) in [6.45, 7) is 0.812. The van der Waals surface area contributed by atoms with Crippen molar-refractivity contribution in [3.8, 4) is 34.0 Å². The molecule has 166 valence electrons. The zero-order chi connectivity index (χ0) is 23.1. The Labute approximate surface area is 195 Å². The summed E-state index contributed by atoms with van der Waals surface area (Å²) in [6, 6.07) is 11.8. The van der Waals surface area contributed by atoms with Gasteiger partial charge in [-0.1, -0.05) is 0 Å². The summed E-state index contributed by atoms with van der Waals surface area (Å²) in [4.78, 5) is 28.3. The van der Waals surface area contributed by atoms with Gasteiger partial charge in [0.15, 0.2) is 11.5 Å². The van der Waals surface area contributed by atoms with Gasteiger partial charge >= 0.3 is 0 Å². The van der Waals surface area contributed by atoms with Gasteiger partial charge in [0.05, 0.1) is 22.4 Å². The first-order valence-corrected chi connectivity index (χ1v) is 10.9. The first-order valence-electron chi connectivity index (χ1n) is 10.9. The van der Waals surface area contributed by atoms with Crippen molar-refractivity contribution in [3.05, 3.63) is 72.9 Å². The molecule has 0 bridgehead atoms. The maximum atomic E-state index is 4.92. The summed E-state index contributed by atoms with van der Waals surface area (Å²) >= 11 is 0. The van der Waals surface area contributed by atoms with Crippen molar-refractivity contribution in [2.45, 2.75) is 6.54 Å². The molecule has 0 aliphatic heterocycles. The molecule has 2 N–H and O–H groups in total. The highest BCUT2D eigenvalue weighted by atomic mass is 15.2. The van der Waals surface area contributed by atoms with E-state index in [-0.39, 0.29) is 0 Å². The number of pyridine rings is 4. The van der Waals surface area contributed by atoms with Crippen molar-refractivity contribution in [1.82, 2.24) is 45.0 Å². The van der Waals surface area contributed by atoms with E-state index >= 15 is 0 Å². The topological polar surface area (TPSA) is 112 Å². The number of nitrogens with one attached hydrogen (secondary N) is 2. The molecule has 0 aromatic carbocycles. The van der Waals surface area contributed by atoms with E-state index in [0.29, 0.717) is 11.5 Å². The number of aromatic amines is 2. The monoisotopic (exact) mass is 447 g/mol. The van der Waals surface area contributed by atoms with Crippen molar-refractivity contribution in [2.24, 2.45) is 0 Å². The van der Waals surface area contributed by atoms with E-state index < -0.39 is 0 Å². The average Bonchev–Trinajstić information content (AvgIpc) is 3.48. The standard InChI is InChI=1S/C25H21N9/c1-34(2)14-15-11-17(13-27-12-15)18-3-4-20-23(29-18)24(33-32-20)25-30-19-7-10-28-21(22(19)31-25)16-5-8-26-9-6-16/h3-13H,14H2,1-2H3,(H,30,31)(H,32,33). The quantitative estimate of drug-likeness (QED) is 0.409. The number of aromatic nitrogens is 8. The first-order chi connectivity index (χ1) is 16.7. The maximum Gasteiger partial charge on any atom is 0.161 e. The molecule has 9 nitrogen and oxygen atoms in total. The number of nitrogens with zero attached hydrogens (tertiary/aromatic N) is 7. The van der Waals surface area contributed by atoms with Crippen molar-refractivity contribution in [1.29, 1.82) is 0 Å². The van der Waals surface area contributed by atoms with Crippen LogP contribution in [-0.4, -0.2) is 59.1 Å². The Morgan fingerprint density at radius 1 is 0.794 bits per heavy atom. The van der Waals surface area contributed by atoms with Crippen molar-refractivity contribution < 1.29 is 0 Å². The molecule has 0 aliphatic carbocycles. The van der Waals surface area contributed by atoms with Crippen LogP contribution in [0.4, 0.5) is 0 Å². The van der Waals surface area contributed by atoms with Crippen molar-refractivity contribution in [3.63, 3.8) is 0 Å². The van der Waals surface area contributed by atoms with Crippen molar-refractivity contribution in [2.75, 3.05) is 14.1 Å². The molecule has 0 atom stereocenters. The lowest BCUT2D eigenvalue weighted by molar-refractivity contribution is 0.402. The summed E-state index contributed by atoms with van der Waals surface area (Å²) in [6.07, 6.45) is 8.98. The molecule has 0 aliphatic rings. The number of fused-ring (bicyclic) bond motifs is 2. The fraction of sp³-hybridized carbons (Fsp3) is 0.120. The molecule has 0 spiro atoms. The van der Waals surface area contributed by atoms with Gasteiger partial charge < -0.3 is 9.88 Å². The van der Waals surface area contributed by atoms with Crippen LogP contribution in [0.2, 0.25) is 0 Å². The molecule has 0 saturated carbocycles. The number of hydrogen-bond acceptors (Lipinski definition) is 7. The van der Waals surface area contributed by atoms with Gasteiger partial charge in [-0.25, -0.2) is 9.97 Å². The Morgan fingerprint density at radius 3 is 2.50 bits per heavy atom. The SMILES string of the molecule is CN(C)Cc1cncc(-c2ccc3[nH]nc(-c4nc5c(-c6ccncc6)nccc5[nH]4)c3n2)c1. The molecule has 6 aromatic heterocycles. The number of imidazole rings is 1. The second-order valence-corrected chi connectivity index (χ2v) is 8.36. The lowest BCUT2D eigenvalue weighted by atomic mass is 10.1. The van der Waals surface area contributed by atoms with Gasteiger partial charge in [0.2, 0.25) is 0 Å². The molecule has 0 amide bonds. The van der Waals surface area contributed by atoms with E-state index in [9.17, 15) is 0 Å². The minimum Gasteiger partial charge on any atom is -0.336 e. The van der Waals surface area contributed by atoms with Crippen LogP contribution in [0, 0.1) is 0 Å². The minimum absolute atomic E-state index is 0.633. The molecule has 6 aromatic rings. The normalized spacial score (nSPS) is 11.6. The molecule has 0 saturated heterocycles. The Bertz CT molecular complexity index is 1620. The maximum absolute atomic E-state index is 4.92. The zero-order valence-electron chi connectivity index (χ0n) is 18.7. The minimum atomic E-state index is 0.633. The highest BCUT2D eigenvalue weighted by Crippen LogP contribution is 2.30. The van der Waals surface area contributed by atoms with E-state index in [2.05, 4.69) is 41.1 Å². The van der Waals surface area contributed by atoms with Crippen LogP contribution in [0.3, 0.4) is 0 Å². The van der Waals surface area contributed by atoms with E-state index in [1.807, 2.05) is 56.8 Å². The summed E-state index contributed by atoms with van der Waals surface area (Å²) in [7, 11) is 4.08. The van der Waals surface area contributed by atoms with Crippen LogP contribution in [-0.2, 0) is 6.54 Å². The van der Waals surface area contributed by atoms with Gasteiger partial charge in [0, 0.05) is 48.7 Å².